The first kappa shape index (κ1) is 8.19. The normalized spacial score (nSPS) is 10.8. The summed E-state index contributed by atoms with van der Waals surface area (Å²) in [6.07, 6.45) is 1.75. The van der Waals surface area contributed by atoms with Crippen LogP contribution in [0.4, 0.5) is 5.69 Å². The molecule has 2 nitrogen and oxygen atoms in total. The van der Waals surface area contributed by atoms with E-state index in [1.165, 1.54) is 0 Å². The summed E-state index contributed by atoms with van der Waals surface area (Å²) >= 11 is 8.20. The second kappa shape index (κ2) is 2.81. The Morgan fingerprint density at radius 2 is 2.17 bits per heavy atom. The minimum Gasteiger partial charge on any atom is -0.397 e. The first-order chi connectivity index (χ1) is 5.70. The Hall–Kier alpha value is -0.420. The van der Waals surface area contributed by atoms with Crippen molar-refractivity contribution >= 4 is 50.8 Å². The molecule has 2 aromatic rings. The summed E-state index contributed by atoms with van der Waals surface area (Å²) in [5, 5.41) is 1.74. The molecule has 0 fully saturated rings. The van der Waals surface area contributed by atoms with Gasteiger partial charge in [-0.1, -0.05) is 11.6 Å². The number of nitrogens with two attached hydrogens (primary N) is 1. The molecule has 0 aliphatic rings. The highest BCUT2D eigenvalue weighted by molar-refractivity contribution is 14.1. The van der Waals surface area contributed by atoms with Gasteiger partial charge < -0.3 is 10.7 Å². The molecule has 0 spiro atoms. The van der Waals surface area contributed by atoms with Crippen molar-refractivity contribution in [2.45, 2.75) is 0 Å². The molecule has 0 saturated carbocycles. The number of nitrogens with one attached hydrogen (secondary N) is 1. The molecule has 0 aliphatic heterocycles. The van der Waals surface area contributed by atoms with Gasteiger partial charge in [0.1, 0.15) is 0 Å². The highest BCUT2D eigenvalue weighted by Gasteiger charge is 2.06. The lowest BCUT2D eigenvalue weighted by Crippen LogP contribution is -1.86. The zero-order valence-electron chi connectivity index (χ0n) is 6.07. The third-order valence-corrected chi connectivity index (χ3v) is 2.97. The topological polar surface area (TPSA) is 41.8 Å². The molecule has 0 unspecified atom stereocenters. The standard InChI is InChI=1S/C8H6ClIN2/c9-4-3-12-8-6(11)2-1-5(10)7(4)8/h1-3,12H,11H2. The van der Waals surface area contributed by atoms with Gasteiger partial charge in [0.15, 0.2) is 0 Å². The molecule has 4 heteroatoms. The van der Waals surface area contributed by atoms with Gasteiger partial charge in [0, 0.05) is 15.2 Å². The van der Waals surface area contributed by atoms with Crippen molar-refractivity contribution in [1.82, 2.24) is 4.98 Å². The van der Waals surface area contributed by atoms with Crippen molar-refractivity contribution in [1.29, 1.82) is 0 Å². The lowest BCUT2D eigenvalue weighted by molar-refractivity contribution is 1.48. The third kappa shape index (κ3) is 1.08. The van der Waals surface area contributed by atoms with E-state index in [0.717, 1.165) is 25.2 Å². The third-order valence-electron chi connectivity index (χ3n) is 1.77. The first-order valence-electron chi connectivity index (χ1n) is 3.40. The van der Waals surface area contributed by atoms with Crippen LogP contribution in [0.2, 0.25) is 5.02 Å². The van der Waals surface area contributed by atoms with Gasteiger partial charge in [0.2, 0.25) is 0 Å². The molecule has 0 bridgehead atoms. The van der Waals surface area contributed by atoms with Gasteiger partial charge in [-0.25, -0.2) is 0 Å². The van der Waals surface area contributed by atoms with Crippen molar-refractivity contribution in [2.24, 2.45) is 0 Å². The van der Waals surface area contributed by atoms with E-state index in [1.807, 2.05) is 12.1 Å². The number of fused-ring (bicyclic) bond motifs is 1. The van der Waals surface area contributed by atoms with E-state index in [2.05, 4.69) is 27.6 Å². The number of hydrogen-bond donors (Lipinski definition) is 2. The predicted octanol–water partition coefficient (Wildman–Crippen LogP) is 3.01. The maximum atomic E-state index is 5.96. The van der Waals surface area contributed by atoms with Gasteiger partial charge in [0.25, 0.3) is 0 Å². The van der Waals surface area contributed by atoms with Crippen LogP contribution in [0.25, 0.3) is 10.9 Å². The monoisotopic (exact) mass is 292 g/mol. The van der Waals surface area contributed by atoms with Gasteiger partial charge in [-0.05, 0) is 34.7 Å². The molecular formula is C8H6ClIN2. The minimum absolute atomic E-state index is 0.724. The largest absolute Gasteiger partial charge is 0.397 e. The van der Waals surface area contributed by atoms with Crippen LogP contribution < -0.4 is 5.73 Å². The fraction of sp³-hybridized carbons (Fsp3) is 0. The van der Waals surface area contributed by atoms with Crippen LogP contribution >= 0.6 is 34.2 Å². The second-order valence-corrected chi connectivity index (χ2v) is 4.09. The summed E-state index contributed by atoms with van der Waals surface area (Å²) in [7, 11) is 0. The summed E-state index contributed by atoms with van der Waals surface area (Å²) in [4.78, 5) is 3.04. The lowest BCUT2D eigenvalue weighted by atomic mass is 10.2. The number of aromatic amines is 1. The van der Waals surface area contributed by atoms with Gasteiger partial charge in [-0.2, -0.15) is 0 Å². The second-order valence-electron chi connectivity index (χ2n) is 2.52. The zero-order chi connectivity index (χ0) is 8.72. The molecule has 0 atom stereocenters. The van der Waals surface area contributed by atoms with Crippen LogP contribution in [0, 0.1) is 3.57 Å². The molecule has 1 aromatic heterocycles. The highest BCUT2D eigenvalue weighted by atomic mass is 127. The van der Waals surface area contributed by atoms with E-state index in [9.17, 15) is 0 Å². The van der Waals surface area contributed by atoms with Crippen LogP contribution in [0.1, 0.15) is 0 Å². The summed E-state index contributed by atoms with van der Waals surface area (Å²) in [6, 6.07) is 3.83. The first-order valence-corrected chi connectivity index (χ1v) is 4.86. The maximum Gasteiger partial charge on any atom is 0.0713 e. The van der Waals surface area contributed by atoms with Crippen molar-refractivity contribution in [3.05, 3.63) is 26.9 Å². The Morgan fingerprint density at radius 1 is 1.42 bits per heavy atom. The molecular weight excluding hydrogens is 286 g/mol. The number of hydrogen-bond acceptors (Lipinski definition) is 1. The summed E-state index contributed by atoms with van der Waals surface area (Å²) < 4.78 is 1.11. The molecule has 2 rings (SSSR count). The average molecular weight is 293 g/mol. The summed E-state index contributed by atoms with van der Waals surface area (Å²) in [5.41, 5.74) is 7.40. The quantitative estimate of drug-likeness (QED) is 0.569. The van der Waals surface area contributed by atoms with E-state index in [0.29, 0.717) is 0 Å². The van der Waals surface area contributed by atoms with E-state index in [-0.39, 0.29) is 0 Å². The fourth-order valence-electron chi connectivity index (χ4n) is 1.19. The molecule has 12 heavy (non-hydrogen) atoms. The highest BCUT2D eigenvalue weighted by Crippen LogP contribution is 2.30. The number of H-pyrrole nitrogens is 1. The molecule has 0 aliphatic carbocycles. The molecule has 62 valence electrons. The van der Waals surface area contributed by atoms with Crippen molar-refractivity contribution in [3.8, 4) is 0 Å². The molecule has 3 N–H and O–H groups in total. The van der Waals surface area contributed by atoms with E-state index < -0.39 is 0 Å². The Bertz CT molecular complexity index is 436. The Labute approximate surface area is 88.2 Å². The maximum absolute atomic E-state index is 5.96. The zero-order valence-corrected chi connectivity index (χ0v) is 8.98. The molecule has 0 amide bonds. The molecule has 0 radical (unpaired) electrons. The number of rotatable bonds is 0. The van der Waals surface area contributed by atoms with E-state index in [1.54, 1.807) is 6.20 Å². The van der Waals surface area contributed by atoms with Gasteiger partial charge in [0.05, 0.1) is 16.2 Å². The Kier molecular flexibility index (Phi) is 1.92. The average Bonchev–Trinajstić information content (AvgIpc) is 2.42. The van der Waals surface area contributed by atoms with Crippen molar-refractivity contribution < 1.29 is 0 Å². The number of aromatic nitrogens is 1. The summed E-state index contributed by atoms with van der Waals surface area (Å²) in [6.45, 7) is 0. The fourth-order valence-corrected chi connectivity index (χ4v) is 2.34. The van der Waals surface area contributed by atoms with E-state index >= 15 is 0 Å². The predicted molar refractivity (Wildman–Crippen MR) is 60.4 cm³/mol. The van der Waals surface area contributed by atoms with Crippen LogP contribution in [0.15, 0.2) is 18.3 Å². The van der Waals surface area contributed by atoms with Gasteiger partial charge in [-0.3, -0.25) is 0 Å². The van der Waals surface area contributed by atoms with Crippen LogP contribution in [0.3, 0.4) is 0 Å². The number of halogens is 2. The van der Waals surface area contributed by atoms with Crippen molar-refractivity contribution in [3.63, 3.8) is 0 Å². The van der Waals surface area contributed by atoms with E-state index in [4.69, 9.17) is 17.3 Å². The SMILES string of the molecule is Nc1ccc(I)c2c(Cl)c[nH]c12. The number of benzene rings is 1. The number of nitrogen functional groups attached to an aromatic ring is 1. The van der Waals surface area contributed by atoms with Crippen LogP contribution in [-0.4, -0.2) is 4.98 Å². The lowest BCUT2D eigenvalue weighted by Gasteiger charge is -1.98. The Morgan fingerprint density at radius 3 is 2.83 bits per heavy atom. The smallest absolute Gasteiger partial charge is 0.0713 e. The van der Waals surface area contributed by atoms with Crippen LogP contribution in [-0.2, 0) is 0 Å². The molecule has 1 heterocycles. The van der Waals surface area contributed by atoms with Crippen molar-refractivity contribution in [2.75, 3.05) is 5.73 Å². The van der Waals surface area contributed by atoms with Gasteiger partial charge >= 0.3 is 0 Å². The molecule has 0 saturated heterocycles. The summed E-state index contributed by atoms with van der Waals surface area (Å²) in [5.74, 6) is 0. The van der Waals surface area contributed by atoms with Crippen LogP contribution in [0.5, 0.6) is 0 Å². The molecule has 1 aromatic carbocycles. The Balaban J connectivity index is 2.98. The minimum atomic E-state index is 0.724. The number of anilines is 1. The van der Waals surface area contributed by atoms with Gasteiger partial charge in [-0.15, -0.1) is 0 Å².